The summed E-state index contributed by atoms with van der Waals surface area (Å²) in [6, 6.07) is 0.488. The average Bonchev–Trinajstić information content (AvgIpc) is 2.74. The van der Waals surface area contributed by atoms with Gasteiger partial charge in [-0.05, 0) is 44.9 Å². The number of aromatic nitrogens is 2. The van der Waals surface area contributed by atoms with Crippen LogP contribution in [0.5, 0.6) is 0 Å². The summed E-state index contributed by atoms with van der Waals surface area (Å²) < 4.78 is 1.89. The van der Waals surface area contributed by atoms with E-state index in [9.17, 15) is 4.79 Å². The van der Waals surface area contributed by atoms with Crippen LogP contribution in [0.2, 0.25) is 0 Å². The minimum atomic E-state index is 0.308. The number of carbonyl (C=O) groups excluding carboxylic acids is 1. The number of fused-ring (bicyclic) bond motifs is 1. The maximum Gasteiger partial charge on any atom is 0.227 e. The van der Waals surface area contributed by atoms with Gasteiger partial charge in [-0.1, -0.05) is 19.8 Å². The molecule has 2 aliphatic rings. The van der Waals surface area contributed by atoms with Crippen LogP contribution < -0.4 is 0 Å². The molecule has 122 valence electrons. The van der Waals surface area contributed by atoms with Gasteiger partial charge in [0.05, 0.1) is 12.1 Å². The molecule has 22 heavy (non-hydrogen) atoms. The second kappa shape index (κ2) is 6.05. The molecule has 1 aromatic heterocycles. The van der Waals surface area contributed by atoms with E-state index in [1.807, 2.05) is 18.7 Å². The first kappa shape index (κ1) is 15.6. The summed E-state index contributed by atoms with van der Waals surface area (Å²) in [4.78, 5) is 15.1. The topological polar surface area (TPSA) is 38.1 Å². The average molecular weight is 303 g/mol. The van der Waals surface area contributed by atoms with Crippen LogP contribution in [0.15, 0.2) is 0 Å². The summed E-state index contributed by atoms with van der Waals surface area (Å²) in [6.07, 6.45) is 6.81. The highest BCUT2D eigenvalue weighted by Crippen LogP contribution is 2.39. The fourth-order valence-electron chi connectivity index (χ4n) is 4.55. The van der Waals surface area contributed by atoms with E-state index in [0.717, 1.165) is 41.8 Å². The van der Waals surface area contributed by atoms with Crippen molar-refractivity contribution in [1.29, 1.82) is 0 Å². The molecule has 0 aromatic carbocycles. The molecular formula is C18H29N3O. The van der Waals surface area contributed by atoms with Crippen LogP contribution in [0, 0.1) is 25.7 Å². The van der Waals surface area contributed by atoms with E-state index < -0.39 is 0 Å². The predicted octanol–water partition coefficient (Wildman–Crippen LogP) is 3.01. The molecule has 1 aliphatic carbocycles. The normalized spacial score (nSPS) is 28.5. The molecule has 4 nitrogen and oxygen atoms in total. The van der Waals surface area contributed by atoms with E-state index in [-0.39, 0.29) is 0 Å². The second-order valence-electron chi connectivity index (χ2n) is 7.32. The maximum absolute atomic E-state index is 12.9. The Morgan fingerprint density at radius 3 is 2.64 bits per heavy atom. The zero-order valence-corrected chi connectivity index (χ0v) is 14.4. The zero-order chi connectivity index (χ0) is 15.9. The second-order valence-corrected chi connectivity index (χ2v) is 7.32. The molecule has 1 saturated carbocycles. The summed E-state index contributed by atoms with van der Waals surface area (Å²) in [7, 11) is 1.95. The summed E-state index contributed by atoms with van der Waals surface area (Å²) in [5.41, 5.74) is 3.24. The lowest BCUT2D eigenvalue weighted by Gasteiger charge is -2.47. The summed E-state index contributed by atoms with van der Waals surface area (Å²) in [5.74, 6) is 1.81. The first-order valence-corrected chi connectivity index (χ1v) is 8.77. The molecule has 0 bridgehead atoms. The molecule has 1 amide bonds. The fraction of sp³-hybridized carbons (Fsp3) is 0.778. The van der Waals surface area contributed by atoms with Gasteiger partial charge in [0.25, 0.3) is 0 Å². The summed E-state index contributed by atoms with van der Waals surface area (Å²) >= 11 is 0. The molecule has 0 radical (unpaired) electrons. The van der Waals surface area contributed by atoms with Crippen molar-refractivity contribution in [3.63, 3.8) is 0 Å². The third-order valence-electron chi connectivity index (χ3n) is 6.05. The highest BCUT2D eigenvalue weighted by molar-refractivity contribution is 5.79. The number of piperidine rings is 1. The number of rotatable bonds is 2. The van der Waals surface area contributed by atoms with Crippen LogP contribution in [-0.2, 0) is 18.3 Å². The van der Waals surface area contributed by atoms with E-state index in [1.165, 1.54) is 25.7 Å². The van der Waals surface area contributed by atoms with Gasteiger partial charge in [-0.3, -0.25) is 9.48 Å². The van der Waals surface area contributed by atoms with Gasteiger partial charge < -0.3 is 4.90 Å². The van der Waals surface area contributed by atoms with Crippen molar-refractivity contribution in [3.8, 4) is 0 Å². The van der Waals surface area contributed by atoms with Crippen LogP contribution in [0.1, 0.15) is 56.0 Å². The van der Waals surface area contributed by atoms with Crippen molar-refractivity contribution in [1.82, 2.24) is 14.7 Å². The number of hydrogen-bond acceptors (Lipinski definition) is 2. The lowest BCUT2D eigenvalue weighted by atomic mass is 9.72. The van der Waals surface area contributed by atoms with Crippen LogP contribution in [-0.4, -0.2) is 33.2 Å². The van der Waals surface area contributed by atoms with Crippen molar-refractivity contribution in [2.24, 2.45) is 18.9 Å². The Bertz CT molecular complexity index is 563. The quantitative estimate of drug-likeness (QED) is 0.842. The highest BCUT2D eigenvalue weighted by Gasteiger charge is 2.39. The monoisotopic (exact) mass is 303 g/mol. The van der Waals surface area contributed by atoms with Gasteiger partial charge in [0.15, 0.2) is 0 Å². The van der Waals surface area contributed by atoms with Crippen LogP contribution in [0.25, 0.3) is 0 Å². The Balaban J connectivity index is 1.76. The molecule has 3 unspecified atom stereocenters. The van der Waals surface area contributed by atoms with Crippen molar-refractivity contribution < 1.29 is 4.79 Å². The Morgan fingerprint density at radius 1 is 1.23 bits per heavy atom. The van der Waals surface area contributed by atoms with Gasteiger partial charge >= 0.3 is 0 Å². The number of hydrogen-bond donors (Lipinski definition) is 0. The lowest BCUT2D eigenvalue weighted by Crippen LogP contribution is -2.52. The third kappa shape index (κ3) is 2.68. The molecule has 4 heteroatoms. The molecule has 3 atom stereocenters. The molecule has 0 spiro atoms. The first-order valence-electron chi connectivity index (χ1n) is 8.77. The Morgan fingerprint density at radius 2 is 1.95 bits per heavy atom. The number of aryl methyl sites for hydroxylation is 2. The number of carbonyl (C=O) groups is 1. The van der Waals surface area contributed by atoms with Crippen molar-refractivity contribution in [2.45, 2.75) is 65.3 Å². The molecule has 1 aliphatic heterocycles. The number of likely N-dealkylation sites (tertiary alicyclic amines) is 1. The molecule has 2 fully saturated rings. The van der Waals surface area contributed by atoms with Crippen LogP contribution >= 0.6 is 0 Å². The van der Waals surface area contributed by atoms with E-state index >= 15 is 0 Å². The van der Waals surface area contributed by atoms with Gasteiger partial charge in [0.2, 0.25) is 5.91 Å². The van der Waals surface area contributed by atoms with Crippen molar-refractivity contribution >= 4 is 5.91 Å². The van der Waals surface area contributed by atoms with Gasteiger partial charge in [0.1, 0.15) is 0 Å². The Hall–Kier alpha value is -1.32. The number of nitrogens with zero attached hydrogens (tertiary/aromatic N) is 3. The van der Waals surface area contributed by atoms with E-state index in [0.29, 0.717) is 18.4 Å². The number of amides is 1. The molecule has 2 heterocycles. The van der Waals surface area contributed by atoms with Crippen LogP contribution in [0.3, 0.4) is 0 Å². The largest absolute Gasteiger partial charge is 0.339 e. The van der Waals surface area contributed by atoms with Gasteiger partial charge in [-0.25, -0.2) is 0 Å². The van der Waals surface area contributed by atoms with Crippen LogP contribution in [0.4, 0.5) is 0 Å². The van der Waals surface area contributed by atoms with Crippen molar-refractivity contribution in [2.75, 3.05) is 6.54 Å². The molecule has 3 rings (SSSR count). The SMILES string of the molecule is Cc1nn(C)c(C)c1CC(=O)N1CCC(C)C2CCCCC21. The first-order chi connectivity index (χ1) is 10.5. The molecule has 0 N–H and O–H groups in total. The smallest absolute Gasteiger partial charge is 0.227 e. The summed E-state index contributed by atoms with van der Waals surface area (Å²) in [6.45, 7) is 7.39. The van der Waals surface area contributed by atoms with Gasteiger partial charge in [0, 0.05) is 30.9 Å². The van der Waals surface area contributed by atoms with E-state index in [4.69, 9.17) is 0 Å². The Kier molecular flexibility index (Phi) is 4.28. The minimum Gasteiger partial charge on any atom is -0.339 e. The Labute approximate surface area is 133 Å². The van der Waals surface area contributed by atoms with Crippen molar-refractivity contribution in [3.05, 3.63) is 17.0 Å². The fourth-order valence-corrected chi connectivity index (χ4v) is 4.55. The minimum absolute atomic E-state index is 0.308. The van der Waals surface area contributed by atoms with E-state index in [2.05, 4.69) is 23.8 Å². The summed E-state index contributed by atoms with van der Waals surface area (Å²) in [5, 5.41) is 4.45. The predicted molar refractivity (Wildman–Crippen MR) is 87.6 cm³/mol. The molecule has 1 saturated heterocycles. The maximum atomic E-state index is 12.9. The van der Waals surface area contributed by atoms with Gasteiger partial charge in [-0.2, -0.15) is 5.10 Å². The zero-order valence-electron chi connectivity index (χ0n) is 14.4. The van der Waals surface area contributed by atoms with Gasteiger partial charge in [-0.15, -0.1) is 0 Å². The molecular weight excluding hydrogens is 274 g/mol. The standard InChI is InChI=1S/C18H29N3O/c1-12-9-10-21(17-8-6-5-7-15(12)17)18(22)11-16-13(2)19-20(4)14(16)3/h12,15,17H,5-11H2,1-4H3. The molecule has 1 aromatic rings. The third-order valence-corrected chi connectivity index (χ3v) is 6.05. The lowest BCUT2D eigenvalue weighted by molar-refractivity contribution is -0.138. The highest BCUT2D eigenvalue weighted by atomic mass is 16.2. The van der Waals surface area contributed by atoms with E-state index in [1.54, 1.807) is 0 Å².